The number of benzene rings is 1. The van der Waals surface area contributed by atoms with Crippen molar-refractivity contribution in [3.63, 3.8) is 0 Å². The Balaban J connectivity index is 1.63. The van der Waals surface area contributed by atoms with Crippen molar-refractivity contribution >= 4 is 5.91 Å². The number of aromatic nitrogens is 2. The first-order valence-electron chi connectivity index (χ1n) is 8.00. The summed E-state index contributed by atoms with van der Waals surface area (Å²) in [5, 5.41) is 3.15. The van der Waals surface area contributed by atoms with E-state index in [9.17, 15) is 4.79 Å². The van der Waals surface area contributed by atoms with Crippen molar-refractivity contribution in [2.75, 3.05) is 7.11 Å². The molecule has 0 saturated carbocycles. The molecule has 0 unspecified atom stereocenters. The molecule has 3 rings (SSSR count). The van der Waals surface area contributed by atoms with Gasteiger partial charge in [0.25, 0.3) is 0 Å². The lowest BCUT2D eigenvalue weighted by Gasteiger charge is -2.24. The molecule has 1 aliphatic rings. The normalized spacial score (nSPS) is 16.7. The average Bonchev–Trinajstić information content (AvgIpc) is 2.86. The predicted octanol–water partition coefficient (Wildman–Crippen LogP) is 2.18. The zero-order valence-corrected chi connectivity index (χ0v) is 13.9. The first kappa shape index (κ1) is 15.6. The third-order valence-electron chi connectivity index (χ3n) is 4.27. The van der Waals surface area contributed by atoms with Gasteiger partial charge in [-0.25, -0.2) is 4.98 Å². The largest absolute Gasteiger partial charge is 0.496 e. The van der Waals surface area contributed by atoms with Gasteiger partial charge in [0, 0.05) is 30.8 Å². The van der Waals surface area contributed by atoms with Gasteiger partial charge in [0.05, 0.1) is 19.2 Å². The lowest BCUT2D eigenvalue weighted by molar-refractivity contribution is -0.121. The van der Waals surface area contributed by atoms with Crippen LogP contribution in [0.25, 0.3) is 0 Å². The van der Waals surface area contributed by atoms with Crippen molar-refractivity contribution in [1.29, 1.82) is 0 Å². The summed E-state index contributed by atoms with van der Waals surface area (Å²) in [6.45, 7) is 4.82. The standard InChI is InChI=1S/C18H23N3O2/c1-12-4-6-16(23-3)14(8-12)9-18(22)20-15-5-7-17-19-13(2)10-21(17)11-15/h4,6,8,10,15H,5,7,9,11H2,1-3H3,(H,20,22)/t15-/m1/s1. The number of rotatable bonds is 4. The van der Waals surface area contributed by atoms with Crippen LogP contribution in [0.1, 0.15) is 29.1 Å². The summed E-state index contributed by atoms with van der Waals surface area (Å²) in [4.78, 5) is 16.9. The topological polar surface area (TPSA) is 56.1 Å². The Morgan fingerprint density at radius 3 is 3.04 bits per heavy atom. The maximum atomic E-state index is 12.4. The minimum absolute atomic E-state index is 0.0409. The Morgan fingerprint density at radius 1 is 1.43 bits per heavy atom. The fraction of sp³-hybridized carbons (Fsp3) is 0.444. The van der Waals surface area contributed by atoms with E-state index in [4.69, 9.17) is 4.74 Å². The molecule has 1 aliphatic heterocycles. The molecule has 1 aromatic carbocycles. The molecule has 1 amide bonds. The Labute approximate surface area is 136 Å². The highest BCUT2D eigenvalue weighted by molar-refractivity contribution is 5.79. The SMILES string of the molecule is COc1ccc(C)cc1CC(=O)N[C@@H]1CCc2nc(C)cn2C1. The minimum atomic E-state index is 0.0409. The summed E-state index contributed by atoms with van der Waals surface area (Å²) in [5.41, 5.74) is 3.10. The number of carbonyl (C=O) groups excluding carboxylic acids is 1. The zero-order valence-electron chi connectivity index (χ0n) is 13.9. The fourth-order valence-electron chi connectivity index (χ4n) is 3.20. The molecular weight excluding hydrogens is 290 g/mol. The number of amides is 1. The van der Waals surface area contributed by atoms with Crippen LogP contribution in [0.5, 0.6) is 5.75 Å². The van der Waals surface area contributed by atoms with Crippen molar-refractivity contribution in [2.24, 2.45) is 0 Å². The zero-order chi connectivity index (χ0) is 16.4. The van der Waals surface area contributed by atoms with E-state index in [0.29, 0.717) is 6.42 Å². The van der Waals surface area contributed by atoms with Crippen molar-refractivity contribution in [1.82, 2.24) is 14.9 Å². The first-order chi connectivity index (χ1) is 11.0. The number of carbonyl (C=O) groups is 1. The Morgan fingerprint density at radius 2 is 2.26 bits per heavy atom. The number of imidazole rings is 1. The molecule has 5 nitrogen and oxygen atoms in total. The molecule has 122 valence electrons. The van der Waals surface area contributed by atoms with Gasteiger partial charge in [-0.1, -0.05) is 17.7 Å². The van der Waals surface area contributed by atoms with Gasteiger partial charge in [-0.15, -0.1) is 0 Å². The molecule has 1 atom stereocenters. The highest BCUT2D eigenvalue weighted by atomic mass is 16.5. The molecule has 5 heteroatoms. The molecular formula is C18H23N3O2. The van der Waals surface area contributed by atoms with E-state index in [-0.39, 0.29) is 11.9 Å². The summed E-state index contributed by atoms with van der Waals surface area (Å²) in [5.74, 6) is 1.93. The quantitative estimate of drug-likeness (QED) is 0.941. The smallest absolute Gasteiger partial charge is 0.224 e. The molecule has 0 fully saturated rings. The maximum Gasteiger partial charge on any atom is 0.224 e. The predicted molar refractivity (Wildman–Crippen MR) is 88.7 cm³/mol. The molecule has 0 saturated heterocycles. The van der Waals surface area contributed by atoms with Crippen LogP contribution in [-0.4, -0.2) is 28.6 Å². The number of ether oxygens (including phenoxy) is 1. The molecule has 0 spiro atoms. The van der Waals surface area contributed by atoms with Crippen molar-refractivity contribution in [2.45, 2.75) is 45.7 Å². The van der Waals surface area contributed by atoms with E-state index in [2.05, 4.69) is 21.1 Å². The van der Waals surface area contributed by atoms with Crippen LogP contribution >= 0.6 is 0 Å². The van der Waals surface area contributed by atoms with E-state index in [1.54, 1.807) is 7.11 Å². The summed E-state index contributed by atoms with van der Waals surface area (Å²) in [7, 11) is 1.64. The Hall–Kier alpha value is -2.30. The third kappa shape index (κ3) is 3.55. The van der Waals surface area contributed by atoms with Gasteiger partial charge in [-0.2, -0.15) is 0 Å². The summed E-state index contributed by atoms with van der Waals surface area (Å²) >= 11 is 0. The van der Waals surface area contributed by atoms with Gasteiger partial charge in [0.15, 0.2) is 0 Å². The van der Waals surface area contributed by atoms with E-state index in [1.165, 1.54) is 0 Å². The van der Waals surface area contributed by atoms with Crippen molar-refractivity contribution < 1.29 is 9.53 Å². The first-order valence-corrected chi connectivity index (χ1v) is 8.00. The molecule has 0 radical (unpaired) electrons. The number of nitrogens with zero attached hydrogens (tertiary/aromatic N) is 2. The molecule has 1 aromatic heterocycles. The van der Waals surface area contributed by atoms with Gasteiger partial charge >= 0.3 is 0 Å². The fourth-order valence-corrected chi connectivity index (χ4v) is 3.20. The van der Waals surface area contributed by atoms with Crippen molar-refractivity contribution in [3.05, 3.63) is 47.0 Å². The molecule has 1 N–H and O–H groups in total. The number of nitrogens with one attached hydrogen (secondary N) is 1. The number of aryl methyl sites for hydroxylation is 3. The second-order valence-electron chi connectivity index (χ2n) is 6.25. The van der Waals surface area contributed by atoms with Crippen LogP contribution in [0.15, 0.2) is 24.4 Å². The third-order valence-corrected chi connectivity index (χ3v) is 4.27. The Kier molecular flexibility index (Phi) is 4.37. The molecule has 2 aromatic rings. The second-order valence-corrected chi connectivity index (χ2v) is 6.25. The van der Waals surface area contributed by atoms with Crippen LogP contribution in [0.2, 0.25) is 0 Å². The van der Waals surface area contributed by atoms with Gasteiger partial charge < -0.3 is 14.6 Å². The molecule has 0 aliphatic carbocycles. The van der Waals surface area contributed by atoms with Gasteiger partial charge in [0.2, 0.25) is 5.91 Å². The highest BCUT2D eigenvalue weighted by Crippen LogP contribution is 2.20. The van der Waals surface area contributed by atoms with E-state index in [0.717, 1.165) is 47.8 Å². The van der Waals surface area contributed by atoms with E-state index < -0.39 is 0 Å². The summed E-state index contributed by atoms with van der Waals surface area (Å²) in [6, 6.07) is 6.08. The summed E-state index contributed by atoms with van der Waals surface area (Å²) in [6.07, 6.45) is 4.24. The van der Waals surface area contributed by atoms with Gasteiger partial charge in [-0.05, 0) is 26.3 Å². The van der Waals surface area contributed by atoms with Crippen LogP contribution < -0.4 is 10.1 Å². The molecule has 2 heterocycles. The number of methoxy groups -OCH3 is 1. The van der Waals surface area contributed by atoms with Crippen LogP contribution in [0.3, 0.4) is 0 Å². The van der Waals surface area contributed by atoms with Crippen LogP contribution in [-0.2, 0) is 24.2 Å². The lowest BCUT2D eigenvalue weighted by Crippen LogP contribution is -2.41. The number of fused-ring (bicyclic) bond motifs is 1. The molecule has 23 heavy (non-hydrogen) atoms. The van der Waals surface area contributed by atoms with Crippen LogP contribution in [0.4, 0.5) is 0 Å². The monoisotopic (exact) mass is 313 g/mol. The highest BCUT2D eigenvalue weighted by Gasteiger charge is 2.21. The van der Waals surface area contributed by atoms with Crippen LogP contribution in [0, 0.1) is 13.8 Å². The van der Waals surface area contributed by atoms with E-state index in [1.807, 2.05) is 32.0 Å². The Bertz CT molecular complexity index is 721. The second kappa shape index (κ2) is 6.44. The minimum Gasteiger partial charge on any atom is -0.496 e. The van der Waals surface area contributed by atoms with Gasteiger partial charge in [-0.3, -0.25) is 4.79 Å². The number of hydrogen-bond acceptors (Lipinski definition) is 3. The average molecular weight is 313 g/mol. The number of hydrogen-bond donors (Lipinski definition) is 1. The van der Waals surface area contributed by atoms with E-state index >= 15 is 0 Å². The lowest BCUT2D eigenvalue weighted by atomic mass is 10.0. The maximum absolute atomic E-state index is 12.4. The van der Waals surface area contributed by atoms with Crippen molar-refractivity contribution in [3.8, 4) is 5.75 Å². The van der Waals surface area contributed by atoms with Gasteiger partial charge in [0.1, 0.15) is 11.6 Å². The summed E-state index contributed by atoms with van der Waals surface area (Å²) < 4.78 is 7.50. The molecule has 0 bridgehead atoms.